The van der Waals surface area contributed by atoms with Crippen LogP contribution in [0.25, 0.3) is 0 Å². The number of alkyl halides is 1. The zero-order valence-corrected chi connectivity index (χ0v) is 6.22. The summed E-state index contributed by atoms with van der Waals surface area (Å²) in [6.45, 7) is 0.999. The average molecular weight is 161 g/mol. The Labute approximate surface area is 64.6 Å². The van der Waals surface area contributed by atoms with Crippen LogP contribution in [0.2, 0.25) is 0 Å². The molecule has 1 aliphatic heterocycles. The monoisotopic (exact) mass is 161 g/mol. The van der Waals surface area contributed by atoms with E-state index in [9.17, 15) is 9.18 Å². The average Bonchev–Trinajstić information content (AvgIpc) is 2.31. The molecule has 2 atom stereocenters. The van der Waals surface area contributed by atoms with E-state index in [1.807, 2.05) is 0 Å². The number of carboxylic acids is 1. The van der Waals surface area contributed by atoms with Gasteiger partial charge in [-0.2, -0.15) is 0 Å². The Morgan fingerprint density at radius 2 is 2.36 bits per heavy atom. The van der Waals surface area contributed by atoms with E-state index in [0.717, 1.165) is 0 Å². The van der Waals surface area contributed by atoms with E-state index in [0.29, 0.717) is 19.5 Å². The van der Waals surface area contributed by atoms with E-state index in [-0.39, 0.29) is 12.3 Å². The molecular formula is C7H12FNO2. The molecule has 0 aromatic rings. The van der Waals surface area contributed by atoms with E-state index < -0.39 is 12.1 Å². The summed E-state index contributed by atoms with van der Waals surface area (Å²) in [5.41, 5.74) is 0. The van der Waals surface area contributed by atoms with Crippen molar-refractivity contribution < 1.29 is 14.3 Å². The molecule has 11 heavy (non-hydrogen) atoms. The fraction of sp³-hybridized carbons (Fsp3) is 0.857. The Hall–Kier alpha value is -0.640. The minimum Gasteiger partial charge on any atom is -0.481 e. The second-order valence-electron chi connectivity index (χ2n) is 2.87. The Balaban J connectivity index is 2.20. The van der Waals surface area contributed by atoms with Crippen molar-refractivity contribution >= 4 is 5.97 Å². The number of aliphatic carboxylic acids is 1. The number of nitrogens with one attached hydrogen (secondary N) is 1. The molecule has 2 unspecified atom stereocenters. The maximum atomic E-state index is 12.8. The molecule has 2 N–H and O–H groups in total. The van der Waals surface area contributed by atoms with Gasteiger partial charge in [0.2, 0.25) is 0 Å². The van der Waals surface area contributed by atoms with Crippen LogP contribution in [0, 0.1) is 5.92 Å². The summed E-state index contributed by atoms with van der Waals surface area (Å²) in [5.74, 6) is -0.935. The van der Waals surface area contributed by atoms with Gasteiger partial charge >= 0.3 is 5.97 Å². The molecule has 0 aliphatic carbocycles. The van der Waals surface area contributed by atoms with Gasteiger partial charge < -0.3 is 10.4 Å². The van der Waals surface area contributed by atoms with Crippen LogP contribution in [0.1, 0.15) is 12.8 Å². The third-order valence-corrected chi connectivity index (χ3v) is 1.99. The fourth-order valence-electron chi connectivity index (χ4n) is 1.29. The quantitative estimate of drug-likeness (QED) is 0.630. The number of halogens is 1. The van der Waals surface area contributed by atoms with Gasteiger partial charge in [0.25, 0.3) is 0 Å². The molecular weight excluding hydrogens is 149 g/mol. The van der Waals surface area contributed by atoms with Crippen molar-refractivity contribution in [1.82, 2.24) is 5.32 Å². The summed E-state index contributed by atoms with van der Waals surface area (Å²) in [4.78, 5) is 10.1. The van der Waals surface area contributed by atoms with Crippen LogP contribution in [-0.4, -0.2) is 30.3 Å². The predicted octanol–water partition coefficient (Wildman–Crippen LogP) is 0.409. The normalized spacial score (nSPS) is 30.6. The molecule has 1 rings (SSSR count). The van der Waals surface area contributed by atoms with Crippen molar-refractivity contribution in [2.45, 2.75) is 19.0 Å². The van der Waals surface area contributed by atoms with Gasteiger partial charge in [-0.25, -0.2) is 4.39 Å². The van der Waals surface area contributed by atoms with E-state index in [1.54, 1.807) is 0 Å². The van der Waals surface area contributed by atoms with Crippen LogP contribution in [0.4, 0.5) is 4.39 Å². The van der Waals surface area contributed by atoms with Crippen molar-refractivity contribution in [3.63, 3.8) is 0 Å². The zero-order chi connectivity index (χ0) is 8.27. The van der Waals surface area contributed by atoms with Gasteiger partial charge in [-0.15, -0.1) is 0 Å². The van der Waals surface area contributed by atoms with Crippen LogP contribution >= 0.6 is 0 Å². The Bertz CT molecular complexity index is 151. The summed E-state index contributed by atoms with van der Waals surface area (Å²) < 4.78 is 12.8. The summed E-state index contributed by atoms with van der Waals surface area (Å²) in [5, 5.41) is 11.2. The van der Waals surface area contributed by atoms with Crippen LogP contribution < -0.4 is 5.32 Å². The highest BCUT2D eigenvalue weighted by Crippen LogP contribution is 2.17. The molecule has 0 amide bonds. The second-order valence-corrected chi connectivity index (χ2v) is 2.87. The minimum absolute atomic E-state index is 0.0762. The standard InChI is InChI=1S/C7H12FNO2/c8-6-4-9-3-5(6)1-2-7(10)11/h5-6,9H,1-4H2,(H,10,11). The molecule has 1 aliphatic rings. The lowest BCUT2D eigenvalue weighted by atomic mass is 10.0. The van der Waals surface area contributed by atoms with Crippen molar-refractivity contribution in [3.05, 3.63) is 0 Å². The highest BCUT2D eigenvalue weighted by atomic mass is 19.1. The van der Waals surface area contributed by atoms with Crippen molar-refractivity contribution in [3.8, 4) is 0 Å². The summed E-state index contributed by atoms with van der Waals surface area (Å²) in [6.07, 6.45) is -0.328. The molecule has 1 heterocycles. The second kappa shape index (κ2) is 3.67. The van der Waals surface area contributed by atoms with Crippen LogP contribution in [-0.2, 0) is 4.79 Å². The molecule has 1 saturated heterocycles. The highest BCUT2D eigenvalue weighted by molar-refractivity contribution is 5.66. The lowest BCUT2D eigenvalue weighted by Gasteiger charge is -2.08. The zero-order valence-electron chi connectivity index (χ0n) is 6.22. The first-order valence-corrected chi connectivity index (χ1v) is 3.76. The van der Waals surface area contributed by atoms with Crippen LogP contribution in [0.5, 0.6) is 0 Å². The number of carboxylic acid groups (broad SMARTS) is 1. The Morgan fingerprint density at radius 3 is 2.82 bits per heavy atom. The van der Waals surface area contributed by atoms with Crippen molar-refractivity contribution in [1.29, 1.82) is 0 Å². The van der Waals surface area contributed by atoms with Gasteiger partial charge in [-0.05, 0) is 6.42 Å². The van der Waals surface area contributed by atoms with Gasteiger partial charge in [0.05, 0.1) is 0 Å². The van der Waals surface area contributed by atoms with Gasteiger partial charge in [0, 0.05) is 25.4 Å². The largest absolute Gasteiger partial charge is 0.481 e. The SMILES string of the molecule is O=C(O)CCC1CNCC1F. The van der Waals surface area contributed by atoms with E-state index in [4.69, 9.17) is 5.11 Å². The molecule has 0 bridgehead atoms. The Kier molecular flexibility index (Phi) is 2.82. The van der Waals surface area contributed by atoms with Gasteiger partial charge in [0.1, 0.15) is 6.17 Å². The van der Waals surface area contributed by atoms with Crippen LogP contribution in [0.3, 0.4) is 0 Å². The predicted molar refractivity (Wildman–Crippen MR) is 38.1 cm³/mol. The van der Waals surface area contributed by atoms with Gasteiger partial charge in [-0.3, -0.25) is 4.79 Å². The first-order chi connectivity index (χ1) is 5.20. The summed E-state index contributed by atoms with van der Waals surface area (Å²) >= 11 is 0. The van der Waals surface area contributed by atoms with E-state index in [2.05, 4.69) is 5.32 Å². The highest BCUT2D eigenvalue weighted by Gasteiger charge is 2.26. The molecule has 0 saturated carbocycles. The minimum atomic E-state index is -0.852. The number of hydrogen-bond donors (Lipinski definition) is 2. The molecule has 0 aromatic carbocycles. The molecule has 0 radical (unpaired) electrons. The lowest BCUT2D eigenvalue weighted by molar-refractivity contribution is -0.137. The van der Waals surface area contributed by atoms with Crippen molar-refractivity contribution in [2.75, 3.05) is 13.1 Å². The number of rotatable bonds is 3. The summed E-state index contributed by atoms with van der Waals surface area (Å²) in [6, 6.07) is 0. The fourth-order valence-corrected chi connectivity index (χ4v) is 1.29. The molecule has 3 nitrogen and oxygen atoms in total. The summed E-state index contributed by atoms with van der Waals surface area (Å²) in [7, 11) is 0. The number of hydrogen-bond acceptors (Lipinski definition) is 2. The molecule has 4 heteroatoms. The van der Waals surface area contributed by atoms with E-state index >= 15 is 0 Å². The molecule has 1 fully saturated rings. The first kappa shape index (κ1) is 8.46. The van der Waals surface area contributed by atoms with E-state index in [1.165, 1.54) is 0 Å². The third kappa shape index (κ3) is 2.46. The molecule has 64 valence electrons. The van der Waals surface area contributed by atoms with Crippen LogP contribution in [0.15, 0.2) is 0 Å². The Morgan fingerprint density at radius 1 is 1.64 bits per heavy atom. The third-order valence-electron chi connectivity index (χ3n) is 1.99. The smallest absolute Gasteiger partial charge is 0.303 e. The van der Waals surface area contributed by atoms with Gasteiger partial charge in [0.15, 0.2) is 0 Å². The maximum absolute atomic E-state index is 12.8. The lowest BCUT2D eigenvalue weighted by Crippen LogP contribution is -2.14. The molecule has 0 spiro atoms. The first-order valence-electron chi connectivity index (χ1n) is 3.76. The van der Waals surface area contributed by atoms with Crippen molar-refractivity contribution in [2.24, 2.45) is 5.92 Å². The topological polar surface area (TPSA) is 49.3 Å². The van der Waals surface area contributed by atoms with Gasteiger partial charge in [-0.1, -0.05) is 0 Å². The maximum Gasteiger partial charge on any atom is 0.303 e. The molecule has 0 aromatic heterocycles. The number of carbonyl (C=O) groups is 1.